The van der Waals surface area contributed by atoms with E-state index in [0.29, 0.717) is 23.8 Å². The van der Waals surface area contributed by atoms with Gasteiger partial charge in [0.2, 0.25) is 0 Å². The summed E-state index contributed by atoms with van der Waals surface area (Å²) >= 11 is 0. The highest BCUT2D eigenvalue weighted by atomic mass is 16.2. The molecule has 27 heavy (non-hydrogen) atoms. The van der Waals surface area contributed by atoms with E-state index in [9.17, 15) is 9.59 Å². The van der Waals surface area contributed by atoms with Gasteiger partial charge in [-0.05, 0) is 37.1 Å². The molecule has 7 nitrogen and oxygen atoms in total. The van der Waals surface area contributed by atoms with Crippen LogP contribution < -0.4 is 15.1 Å². The van der Waals surface area contributed by atoms with Crippen LogP contribution in [0.25, 0.3) is 0 Å². The molecule has 2 aromatic rings. The van der Waals surface area contributed by atoms with Gasteiger partial charge in [0.25, 0.3) is 0 Å². The van der Waals surface area contributed by atoms with Crippen LogP contribution >= 0.6 is 0 Å². The summed E-state index contributed by atoms with van der Waals surface area (Å²) in [7, 11) is 0. The maximum Gasteiger partial charge on any atom is 0.329 e. The fourth-order valence-corrected chi connectivity index (χ4v) is 3.70. The van der Waals surface area contributed by atoms with Crippen molar-refractivity contribution in [1.29, 1.82) is 0 Å². The number of carbonyl (C=O) groups is 2. The van der Waals surface area contributed by atoms with Crippen molar-refractivity contribution in [3.8, 4) is 0 Å². The average molecular weight is 365 g/mol. The van der Waals surface area contributed by atoms with Gasteiger partial charge in [0, 0.05) is 25.7 Å². The summed E-state index contributed by atoms with van der Waals surface area (Å²) in [6.07, 6.45) is 4.81. The Morgan fingerprint density at radius 2 is 2.15 bits per heavy atom. The summed E-state index contributed by atoms with van der Waals surface area (Å²) in [5.41, 5.74) is 1.34. The molecular weight excluding hydrogens is 342 g/mol. The number of nitrogens with zero attached hydrogens (tertiary/aromatic N) is 4. The molecule has 0 aromatic carbocycles. The van der Waals surface area contributed by atoms with Gasteiger partial charge in [0.1, 0.15) is 11.5 Å². The minimum atomic E-state index is -0.257. The lowest BCUT2D eigenvalue weighted by Crippen LogP contribution is -2.48. The molecule has 7 heteroatoms. The predicted molar refractivity (Wildman–Crippen MR) is 104 cm³/mol. The third-order valence-corrected chi connectivity index (χ3v) is 5.11. The molecule has 2 aromatic heterocycles. The Hall–Kier alpha value is -2.96. The van der Waals surface area contributed by atoms with E-state index in [1.54, 1.807) is 29.3 Å². The lowest BCUT2D eigenvalue weighted by atomic mass is 10.1. The van der Waals surface area contributed by atoms with Crippen molar-refractivity contribution in [2.75, 3.05) is 28.2 Å². The van der Waals surface area contributed by atoms with Crippen LogP contribution in [0.15, 0.2) is 36.5 Å². The molecule has 4 rings (SSSR count). The number of carbonyl (C=O) groups excluding carboxylic acids is 2. The highest BCUT2D eigenvalue weighted by Gasteiger charge is 2.40. The number of rotatable bonds is 5. The van der Waals surface area contributed by atoms with Gasteiger partial charge in [-0.3, -0.25) is 15.0 Å². The van der Waals surface area contributed by atoms with Crippen molar-refractivity contribution in [2.45, 2.75) is 38.6 Å². The molecule has 2 bridgehead atoms. The molecule has 0 saturated carbocycles. The number of aromatic nitrogens is 2. The van der Waals surface area contributed by atoms with Crippen LogP contribution in [-0.4, -0.2) is 40.9 Å². The molecule has 4 heterocycles. The largest absolute Gasteiger partial charge is 0.366 e. The lowest BCUT2D eigenvalue weighted by Gasteiger charge is -2.35. The molecule has 0 unspecified atom stereocenters. The van der Waals surface area contributed by atoms with E-state index in [1.165, 1.54) is 0 Å². The van der Waals surface area contributed by atoms with Gasteiger partial charge < -0.3 is 4.90 Å². The lowest BCUT2D eigenvalue weighted by molar-refractivity contribution is 0.0975. The Kier molecular flexibility index (Phi) is 4.75. The Balaban J connectivity index is 1.65. The second kappa shape index (κ2) is 7.34. The SMILES string of the molecule is CCCCC(=O)c1ccc2c(n1)N(C(=O)Nc1ccccn1)[C@H]1CCN2C1. The predicted octanol–water partition coefficient (Wildman–Crippen LogP) is 3.48. The average Bonchev–Trinajstić information content (AvgIpc) is 3.11. The summed E-state index contributed by atoms with van der Waals surface area (Å²) in [6.45, 7) is 3.73. The number of ketones is 1. The monoisotopic (exact) mass is 365 g/mol. The number of anilines is 3. The standard InChI is InChI=1S/C20H23N5O2/c1-2-3-6-17(26)15-8-9-16-19(22-15)25(14-10-12-24(16)13-14)20(27)23-18-7-4-5-11-21-18/h4-5,7-9,11,14H,2-3,6,10,12-13H2,1H3,(H,21,23,27)/t14-/m0/s1. The Morgan fingerprint density at radius 1 is 1.26 bits per heavy atom. The molecule has 0 radical (unpaired) electrons. The quantitative estimate of drug-likeness (QED) is 0.821. The number of Topliss-reactive ketones (excluding diaryl/α,β-unsaturated/α-hetero) is 1. The fraction of sp³-hybridized carbons (Fsp3) is 0.400. The first-order chi connectivity index (χ1) is 13.2. The van der Waals surface area contributed by atoms with Crippen molar-refractivity contribution < 1.29 is 9.59 Å². The zero-order chi connectivity index (χ0) is 18.8. The van der Waals surface area contributed by atoms with E-state index in [1.807, 2.05) is 12.1 Å². The Morgan fingerprint density at radius 3 is 2.93 bits per heavy atom. The smallest absolute Gasteiger partial charge is 0.329 e. The van der Waals surface area contributed by atoms with Gasteiger partial charge in [-0.1, -0.05) is 19.4 Å². The Bertz CT molecular complexity index is 855. The first kappa shape index (κ1) is 17.5. The van der Waals surface area contributed by atoms with E-state index in [2.05, 4.69) is 27.1 Å². The maximum atomic E-state index is 13.0. The number of unbranched alkanes of at least 4 members (excludes halogenated alkanes) is 1. The molecule has 2 aliphatic heterocycles. The van der Waals surface area contributed by atoms with Crippen LogP contribution in [0.2, 0.25) is 0 Å². The molecule has 2 aliphatic rings. The summed E-state index contributed by atoms with van der Waals surface area (Å²) in [5.74, 6) is 1.09. The highest BCUT2D eigenvalue weighted by molar-refractivity contribution is 6.05. The topological polar surface area (TPSA) is 78.4 Å². The summed E-state index contributed by atoms with van der Waals surface area (Å²) in [4.78, 5) is 38.1. The first-order valence-electron chi connectivity index (χ1n) is 9.48. The maximum absolute atomic E-state index is 13.0. The van der Waals surface area contributed by atoms with Gasteiger partial charge >= 0.3 is 6.03 Å². The molecular formula is C20H23N5O2. The molecule has 1 saturated heterocycles. The number of pyridine rings is 2. The molecule has 1 N–H and O–H groups in total. The van der Waals surface area contributed by atoms with Crippen molar-refractivity contribution in [3.63, 3.8) is 0 Å². The number of urea groups is 1. The summed E-state index contributed by atoms with van der Waals surface area (Å²) in [6, 6.07) is 8.88. The molecule has 0 spiro atoms. The van der Waals surface area contributed by atoms with Crippen molar-refractivity contribution in [3.05, 3.63) is 42.2 Å². The minimum Gasteiger partial charge on any atom is -0.366 e. The van der Waals surface area contributed by atoms with Crippen LogP contribution in [0.3, 0.4) is 0 Å². The summed E-state index contributed by atoms with van der Waals surface area (Å²) in [5, 5.41) is 2.85. The van der Waals surface area contributed by atoms with Crippen LogP contribution in [-0.2, 0) is 0 Å². The van der Waals surface area contributed by atoms with Gasteiger partial charge in [-0.15, -0.1) is 0 Å². The van der Waals surface area contributed by atoms with E-state index < -0.39 is 0 Å². The number of nitrogens with one attached hydrogen (secondary N) is 1. The molecule has 2 amide bonds. The van der Waals surface area contributed by atoms with Gasteiger partial charge in [0.15, 0.2) is 11.6 Å². The van der Waals surface area contributed by atoms with Gasteiger partial charge in [0.05, 0.1) is 11.7 Å². The number of hydrogen-bond donors (Lipinski definition) is 1. The van der Waals surface area contributed by atoms with E-state index in [4.69, 9.17) is 0 Å². The first-order valence-corrected chi connectivity index (χ1v) is 9.48. The van der Waals surface area contributed by atoms with E-state index in [0.717, 1.165) is 38.0 Å². The number of fused-ring (bicyclic) bond motifs is 4. The number of hydrogen-bond acceptors (Lipinski definition) is 5. The Labute approximate surface area is 158 Å². The van der Waals surface area contributed by atoms with Gasteiger partial charge in [-0.25, -0.2) is 14.8 Å². The zero-order valence-electron chi connectivity index (χ0n) is 15.4. The molecule has 1 atom stereocenters. The second-order valence-electron chi connectivity index (χ2n) is 6.97. The normalized spacial score (nSPS) is 17.6. The van der Waals surface area contributed by atoms with E-state index >= 15 is 0 Å². The van der Waals surface area contributed by atoms with Crippen LogP contribution in [0.4, 0.5) is 22.1 Å². The molecule has 1 fully saturated rings. The molecule has 140 valence electrons. The van der Waals surface area contributed by atoms with Crippen molar-refractivity contribution >= 4 is 29.1 Å². The van der Waals surface area contributed by atoms with Crippen molar-refractivity contribution in [1.82, 2.24) is 9.97 Å². The summed E-state index contributed by atoms with van der Waals surface area (Å²) < 4.78 is 0. The zero-order valence-corrected chi connectivity index (χ0v) is 15.4. The highest BCUT2D eigenvalue weighted by Crippen LogP contribution is 2.39. The second-order valence-corrected chi connectivity index (χ2v) is 6.97. The molecule has 0 aliphatic carbocycles. The van der Waals surface area contributed by atoms with Crippen LogP contribution in [0.1, 0.15) is 43.1 Å². The van der Waals surface area contributed by atoms with Crippen LogP contribution in [0, 0.1) is 0 Å². The van der Waals surface area contributed by atoms with Gasteiger partial charge in [-0.2, -0.15) is 0 Å². The number of amides is 2. The minimum absolute atomic E-state index is 0.0256. The fourth-order valence-electron chi connectivity index (χ4n) is 3.70. The van der Waals surface area contributed by atoms with Crippen molar-refractivity contribution in [2.24, 2.45) is 0 Å². The third kappa shape index (κ3) is 3.37. The van der Waals surface area contributed by atoms with Crippen LogP contribution in [0.5, 0.6) is 0 Å². The van der Waals surface area contributed by atoms with E-state index in [-0.39, 0.29) is 17.9 Å². The third-order valence-electron chi connectivity index (χ3n) is 5.11.